The van der Waals surface area contributed by atoms with E-state index in [1.165, 1.54) is 24.3 Å². The Morgan fingerprint density at radius 1 is 1.09 bits per heavy atom. The lowest BCUT2D eigenvalue weighted by Crippen LogP contribution is -2.04. The number of hydrogen-bond donors (Lipinski definition) is 1. The highest BCUT2D eigenvalue weighted by Gasteiger charge is 2.15. The SMILES string of the molecule is CCOC(=O)c1ccc(-c2cc(C(=O)O)cc([N+](=O)[O-])c2)cc1. The van der Waals surface area contributed by atoms with Gasteiger partial charge in [-0.15, -0.1) is 0 Å². The number of benzene rings is 2. The topological polar surface area (TPSA) is 107 Å². The molecule has 2 rings (SSSR count). The first kappa shape index (κ1) is 16.2. The number of carbonyl (C=O) groups is 2. The first-order valence-electron chi connectivity index (χ1n) is 6.72. The van der Waals surface area contributed by atoms with Crippen molar-refractivity contribution in [2.75, 3.05) is 6.61 Å². The predicted molar refractivity (Wildman–Crippen MR) is 81.4 cm³/mol. The van der Waals surface area contributed by atoms with Crippen LogP contribution in [0, 0.1) is 10.1 Å². The highest BCUT2D eigenvalue weighted by molar-refractivity contribution is 5.92. The molecule has 2 aromatic rings. The molecule has 0 aromatic heterocycles. The number of carboxylic acid groups (broad SMARTS) is 1. The van der Waals surface area contributed by atoms with Crippen molar-refractivity contribution >= 4 is 17.6 Å². The number of carbonyl (C=O) groups excluding carboxylic acids is 1. The Hall–Kier alpha value is -3.22. The third kappa shape index (κ3) is 3.70. The molecule has 7 heteroatoms. The van der Waals surface area contributed by atoms with Crippen molar-refractivity contribution in [2.24, 2.45) is 0 Å². The second-order valence-corrected chi connectivity index (χ2v) is 4.63. The molecule has 0 unspecified atom stereocenters. The van der Waals surface area contributed by atoms with Crippen LogP contribution in [0.3, 0.4) is 0 Å². The van der Waals surface area contributed by atoms with E-state index < -0.39 is 16.9 Å². The van der Waals surface area contributed by atoms with E-state index in [4.69, 9.17) is 9.84 Å². The van der Waals surface area contributed by atoms with Gasteiger partial charge in [-0.25, -0.2) is 9.59 Å². The van der Waals surface area contributed by atoms with Gasteiger partial charge in [-0.2, -0.15) is 0 Å². The van der Waals surface area contributed by atoms with E-state index in [0.717, 1.165) is 6.07 Å². The molecule has 0 amide bonds. The summed E-state index contributed by atoms with van der Waals surface area (Å²) in [6.45, 7) is 1.95. The summed E-state index contributed by atoms with van der Waals surface area (Å²) in [4.78, 5) is 33.0. The lowest BCUT2D eigenvalue weighted by molar-refractivity contribution is -0.384. The Bertz CT molecular complexity index is 734. The standard InChI is InChI=1S/C16H13NO6/c1-2-23-16(20)11-5-3-10(4-6-11)12-7-13(15(18)19)9-14(8-12)17(21)22/h3-9H,2H2,1H3,(H,18,19). The third-order valence-corrected chi connectivity index (χ3v) is 3.10. The molecule has 0 fully saturated rings. The van der Waals surface area contributed by atoms with Crippen molar-refractivity contribution < 1.29 is 24.4 Å². The monoisotopic (exact) mass is 315 g/mol. The smallest absolute Gasteiger partial charge is 0.338 e. The second kappa shape index (κ2) is 6.69. The van der Waals surface area contributed by atoms with Gasteiger partial charge in [0.05, 0.1) is 22.7 Å². The first-order valence-corrected chi connectivity index (χ1v) is 6.72. The summed E-state index contributed by atoms with van der Waals surface area (Å²) in [6.07, 6.45) is 0. The van der Waals surface area contributed by atoms with Crippen LogP contribution in [0.1, 0.15) is 27.6 Å². The third-order valence-electron chi connectivity index (χ3n) is 3.10. The molecule has 7 nitrogen and oxygen atoms in total. The van der Waals surface area contributed by atoms with Crippen LogP contribution in [0.5, 0.6) is 0 Å². The quantitative estimate of drug-likeness (QED) is 0.516. The number of nitrogens with zero attached hydrogens (tertiary/aromatic N) is 1. The predicted octanol–water partition coefficient (Wildman–Crippen LogP) is 3.14. The van der Waals surface area contributed by atoms with Crippen LogP contribution in [-0.4, -0.2) is 28.6 Å². The van der Waals surface area contributed by atoms with Crippen LogP contribution in [0.15, 0.2) is 42.5 Å². The average molecular weight is 315 g/mol. The molecule has 1 N–H and O–H groups in total. The van der Waals surface area contributed by atoms with E-state index in [1.807, 2.05) is 0 Å². The maximum absolute atomic E-state index is 11.6. The van der Waals surface area contributed by atoms with E-state index in [9.17, 15) is 19.7 Å². The number of hydrogen-bond acceptors (Lipinski definition) is 5. The first-order chi connectivity index (χ1) is 10.9. The number of nitro groups is 1. The highest BCUT2D eigenvalue weighted by Crippen LogP contribution is 2.26. The number of esters is 1. The Labute approximate surface area is 131 Å². The van der Waals surface area contributed by atoms with Crippen LogP contribution >= 0.6 is 0 Å². The van der Waals surface area contributed by atoms with E-state index in [0.29, 0.717) is 16.7 Å². The molecule has 0 aliphatic carbocycles. The van der Waals surface area contributed by atoms with Gasteiger partial charge in [0, 0.05) is 12.1 Å². The number of carboxylic acids is 1. The fourth-order valence-electron chi connectivity index (χ4n) is 2.02. The summed E-state index contributed by atoms with van der Waals surface area (Å²) >= 11 is 0. The number of nitro benzene ring substituents is 1. The molecule has 23 heavy (non-hydrogen) atoms. The van der Waals surface area contributed by atoms with Crippen LogP contribution in [0.4, 0.5) is 5.69 Å². The van der Waals surface area contributed by atoms with E-state index in [2.05, 4.69) is 0 Å². The van der Waals surface area contributed by atoms with Crippen LogP contribution in [0.25, 0.3) is 11.1 Å². The van der Waals surface area contributed by atoms with E-state index in [-0.39, 0.29) is 17.9 Å². The van der Waals surface area contributed by atoms with Gasteiger partial charge in [0.15, 0.2) is 0 Å². The molecule has 0 aliphatic heterocycles. The fourth-order valence-corrected chi connectivity index (χ4v) is 2.02. The van der Waals surface area contributed by atoms with Crippen molar-refractivity contribution in [2.45, 2.75) is 6.92 Å². The lowest BCUT2D eigenvalue weighted by Gasteiger charge is -2.06. The van der Waals surface area contributed by atoms with Gasteiger partial charge in [0.2, 0.25) is 0 Å². The molecule has 0 aliphatic rings. The minimum Gasteiger partial charge on any atom is -0.478 e. The molecule has 0 saturated carbocycles. The highest BCUT2D eigenvalue weighted by atomic mass is 16.6. The largest absolute Gasteiger partial charge is 0.478 e. The van der Waals surface area contributed by atoms with Gasteiger partial charge in [0.1, 0.15) is 0 Å². The van der Waals surface area contributed by atoms with Gasteiger partial charge in [-0.3, -0.25) is 10.1 Å². The minimum atomic E-state index is -1.25. The summed E-state index contributed by atoms with van der Waals surface area (Å²) < 4.78 is 4.87. The number of aromatic carboxylic acids is 1. The molecule has 0 spiro atoms. The summed E-state index contributed by atoms with van der Waals surface area (Å²) in [5, 5.41) is 20.0. The van der Waals surface area contributed by atoms with Gasteiger partial charge in [-0.1, -0.05) is 12.1 Å². The summed E-state index contributed by atoms with van der Waals surface area (Å²) in [5.41, 5.74) is 0.800. The van der Waals surface area contributed by atoms with Crippen molar-refractivity contribution in [1.82, 2.24) is 0 Å². The van der Waals surface area contributed by atoms with Crippen LogP contribution < -0.4 is 0 Å². The zero-order chi connectivity index (χ0) is 17.0. The maximum Gasteiger partial charge on any atom is 0.338 e. The van der Waals surface area contributed by atoms with E-state index in [1.54, 1.807) is 19.1 Å². The molecule has 0 radical (unpaired) electrons. The van der Waals surface area contributed by atoms with Crippen molar-refractivity contribution in [1.29, 1.82) is 0 Å². The minimum absolute atomic E-state index is 0.177. The fraction of sp³-hybridized carbons (Fsp3) is 0.125. The number of ether oxygens (including phenoxy) is 1. The van der Waals surface area contributed by atoms with Crippen molar-refractivity contribution in [3.8, 4) is 11.1 Å². The molecule has 0 saturated heterocycles. The Balaban J connectivity index is 2.43. The Morgan fingerprint density at radius 2 is 1.74 bits per heavy atom. The number of non-ortho nitro benzene ring substituents is 1. The summed E-state index contributed by atoms with van der Waals surface area (Å²) in [6, 6.07) is 9.83. The molecule has 118 valence electrons. The van der Waals surface area contributed by atoms with Gasteiger partial charge in [-0.05, 0) is 36.2 Å². The van der Waals surface area contributed by atoms with Crippen molar-refractivity contribution in [3.05, 3.63) is 63.7 Å². The zero-order valence-electron chi connectivity index (χ0n) is 12.2. The molecule has 2 aromatic carbocycles. The second-order valence-electron chi connectivity index (χ2n) is 4.63. The van der Waals surface area contributed by atoms with Gasteiger partial charge in [0.25, 0.3) is 5.69 Å². The van der Waals surface area contributed by atoms with Crippen LogP contribution in [-0.2, 0) is 4.74 Å². The van der Waals surface area contributed by atoms with Gasteiger partial charge < -0.3 is 9.84 Å². The van der Waals surface area contributed by atoms with Gasteiger partial charge >= 0.3 is 11.9 Å². The van der Waals surface area contributed by atoms with Crippen LogP contribution in [0.2, 0.25) is 0 Å². The maximum atomic E-state index is 11.6. The lowest BCUT2D eigenvalue weighted by atomic mass is 10.0. The zero-order valence-corrected chi connectivity index (χ0v) is 12.2. The molecule has 0 heterocycles. The Morgan fingerprint density at radius 3 is 2.26 bits per heavy atom. The number of rotatable bonds is 5. The normalized spacial score (nSPS) is 10.1. The summed E-state index contributed by atoms with van der Waals surface area (Å²) in [5.74, 6) is -1.72. The molecule has 0 atom stereocenters. The molecular weight excluding hydrogens is 302 g/mol. The van der Waals surface area contributed by atoms with Crippen molar-refractivity contribution in [3.63, 3.8) is 0 Å². The van der Waals surface area contributed by atoms with E-state index >= 15 is 0 Å². The Kier molecular flexibility index (Phi) is 4.70. The summed E-state index contributed by atoms with van der Waals surface area (Å²) in [7, 11) is 0. The average Bonchev–Trinajstić information content (AvgIpc) is 2.54. The molecular formula is C16H13NO6. The molecule has 0 bridgehead atoms.